The Morgan fingerprint density at radius 1 is 1.31 bits per heavy atom. The third-order valence-electron chi connectivity index (χ3n) is 2.10. The van der Waals surface area contributed by atoms with Crippen molar-refractivity contribution in [1.29, 1.82) is 0 Å². The van der Waals surface area contributed by atoms with Crippen molar-refractivity contribution in [1.82, 2.24) is 0 Å². The molecule has 0 fully saturated rings. The Labute approximate surface area is 105 Å². The van der Waals surface area contributed by atoms with Gasteiger partial charge in [0.1, 0.15) is 15.6 Å². The van der Waals surface area contributed by atoms with Crippen molar-refractivity contribution >= 4 is 25.8 Å². The Kier molecular flexibility index (Phi) is 4.80. The molecule has 1 atom stereocenters. The molecule has 0 saturated carbocycles. The highest BCUT2D eigenvalue weighted by Gasteiger charge is 2.12. The molecule has 5 heteroatoms. The number of rotatable bonds is 5. The maximum atomic E-state index is 11.1. The van der Waals surface area contributed by atoms with Crippen LogP contribution in [-0.2, 0) is 16.3 Å². The lowest BCUT2D eigenvalue weighted by atomic mass is 10.1. The number of hydrogen-bond acceptors (Lipinski definition) is 3. The van der Waals surface area contributed by atoms with E-state index in [1.54, 1.807) is 7.11 Å². The first-order chi connectivity index (χ1) is 7.40. The molecule has 1 aromatic carbocycles. The van der Waals surface area contributed by atoms with Crippen LogP contribution in [0.2, 0.25) is 0 Å². The second-order valence-electron chi connectivity index (χ2n) is 3.74. The summed E-state index contributed by atoms with van der Waals surface area (Å²) in [6, 6.07) is 7.62. The minimum Gasteiger partial charge on any atom is -0.497 e. The molecule has 0 heterocycles. The number of halogens is 1. The molecule has 0 aliphatic rings. The zero-order valence-corrected chi connectivity index (χ0v) is 11.7. The molecule has 3 nitrogen and oxygen atoms in total. The number of hydrogen-bond donors (Lipinski definition) is 0. The highest BCUT2D eigenvalue weighted by Crippen LogP contribution is 2.16. The van der Waals surface area contributed by atoms with Gasteiger partial charge < -0.3 is 4.74 Å². The Bertz CT molecular complexity index is 425. The van der Waals surface area contributed by atoms with Gasteiger partial charge in [0, 0.05) is 11.1 Å². The van der Waals surface area contributed by atoms with Gasteiger partial charge in [-0.3, -0.25) is 0 Å². The molecule has 0 bridgehead atoms. The monoisotopic (exact) mass is 306 g/mol. The van der Waals surface area contributed by atoms with E-state index < -0.39 is 9.84 Å². The van der Waals surface area contributed by atoms with E-state index in [4.69, 9.17) is 4.74 Å². The summed E-state index contributed by atoms with van der Waals surface area (Å²) in [5.74, 6) is 0.956. The first kappa shape index (κ1) is 13.5. The summed E-state index contributed by atoms with van der Waals surface area (Å²) in [4.78, 5) is -0.0455. The lowest BCUT2D eigenvalue weighted by Gasteiger charge is -2.08. The Hall–Kier alpha value is -0.550. The predicted octanol–water partition coefficient (Wildman–Crippen LogP) is 2.05. The normalized spacial score (nSPS) is 13.4. The van der Waals surface area contributed by atoms with E-state index >= 15 is 0 Å². The molecule has 0 aromatic heterocycles. The van der Waals surface area contributed by atoms with Gasteiger partial charge in [-0.15, -0.1) is 0 Å². The molecule has 0 amide bonds. The Morgan fingerprint density at radius 2 is 1.88 bits per heavy atom. The average molecular weight is 307 g/mol. The second-order valence-corrected chi connectivity index (χ2v) is 7.22. The zero-order chi connectivity index (χ0) is 12.2. The van der Waals surface area contributed by atoms with E-state index in [2.05, 4.69) is 15.9 Å². The highest BCUT2D eigenvalue weighted by molar-refractivity contribution is 9.09. The molecule has 90 valence electrons. The van der Waals surface area contributed by atoms with Crippen molar-refractivity contribution in [2.24, 2.45) is 0 Å². The number of alkyl halides is 1. The number of methoxy groups -OCH3 is 1. The number of benzene rings is 1. The summed E-state index contributed by atoms with van der Waals surface area (Å²) < 4.78 is 27.2. The van der Waals surface area contributed by atoms with Crippen LogP contribution in [0.4, 0.5) is 0 Å². The van der Waals surface area contributed by atoms with E-state index in [0.29, 0.717) is 6.42 Å². The van der Waals surface area contributed by atoms with Crippen molar-refractivity contribution in [3.63, 3.8) is 0 Å². The molecular formula is C11H15BrO3S. The van der Waals surface area contributed by atoms with E-state index in [1.807, 2.05) is 24.3 Å². The topological polar surface area (TPSA) is 43.4 Å². The molecule has 1 unspecified atom stereocenters. The average Bonchev–Trinajstić information content (AvgIpc) is 2.16. The van der Waals surface area contributed by atoms with Gasteiger partial charge in [-0.1, -0.05) is 28.1 Å². The van der Waals surface area contributed by atoms with Crippen LogP contribution in [0.5, 0.6) is 5.75 Å². The van der Waals surface area contributed by atoms with Gasteiger partial charge in [-0.05, 0) is 24.1 Å². The van der Waals surface area contributed by atoms with E-state index in [9.17, 15) is 8.42 Å². The fourth-order valence-electron chi connectivity index (χ4n) is 1.40. The van der Waals surface area contributed by atoms with Crippen LogP contribution in [-0.4, -0.2) is 32.4 Å². The largest absolute Gasteiger partial charge is 0.497 e. The van der Waals surface area contributed by atoms with Crippen LogP contribution >= 0.6 is 15.9 Å². The smallest absolute Gasteiger partial charge is 0.148 e. The van der Waals surface area contributed by atoms with Crippen molar-refractivity contribution in [3.8, 4) is 5.75 Å². The summed E-state index contributed by atoms with van der Waals surface area (Å²) in [7, 11) is -1.31. The molecule has 0 saturated heterocycles. The molecule has 0 N–H and O–H groups in total. The van der Waals surface area contributed by atoms with E-state index in [0.717, 1.165) is 11.3 Å². The Balaban J connectivity index is 2.59. The summed E-state index contributed by atoms with van der Waals surface area (Å²) in [5, 5.41) is 0. The van der Waals surface area contributed by atoms with Crippen LogP contribution in [0.25, 0.3) is 0 Å². The molecular weight excluding hydrogens is 292 g/mol. The molecule has 0 aliphatic heterocycles. The first-order valence-electron chi connectivity index (χ1n) is 4.85. The minimum absolute atomic E-state index is 0.0455. The molecule has 0 spiro atoms. The minimum atomic E-state index is -2.93. The summed E-state index contributed by atoms with van der Waals surface area (Å²) in [6.45, 7) is 0. The third kappa shape index (κ3) is 4.99. The lowest BCUT2D eigenvalue weighted by molar-refractivity contribution is 0.414. The highest BCUT2D eigenvalue weighted by atomic mass is 79.9. The standard InChI is InChI=1S/C11H15BrO3S/c1-15-11-5-3-9(4-6-11)7-10(12)8-16(2,13)14/h3-6,10H,7-8H2,1-2H3. The van der Waals surface area contributed by atoms with Crippen molar-refractivity contribution in [2.75, 3.05) is 19.1 Å². The fraction of sp³-hybridized carbons (Fsp3) is 0.455. The first-order valence-corrected chi connectivity index (χ1v) is 7.83. The number of ether oxygens (including phenoxy) is 1. The molecule has 0 aliphatic carbocycles. The van der Waals surface area contributed by atoms with Crippen molar-refractivity contribution in [3.05, 3.63) is 29.8 Å². The van der Waals surface area contributed by atoms with Gasteiger partial charge in [0.15, 0.2) is 0 Å². The molecule has 1 aromatic rings. The van der Waals surface area contributed by atoms with Crippen molar-refractivity contribution in [2.45, 2.75) is 11.2 Å². The summed E-state index contributed by atoms with van der Waals surface area (Å²) in [6.07, 6.45) is 1.94. The van der Waals surface area contributed by atoms with Gasteiger partial charge >= 0.3 is 0 Å². The van der Waals surface area contributed by atoms with Crippen LogP contribution < -0.4 is 4.74 Å². The maximum Gasteiger partial charge on any atom is 0.148 e. The van der Waals surface area contributed by atoms with E-state index in [-0.39, 0.29) is 10.6 Å². The third-order valence-corrected chi connectivity index (χ3v) is 4.18. The maximum absolute atomic E-state index is 11.1. The predicted molar refractivity (Wildman–Crippen MR) is 69.1 cm³/mol. The zero-order valence-electron chi connectivity index (χ0n) is 9.31. The molecule has 1 rings (SSSR count). The van der Waals surface area contributed by atoms with Crippen LogP contribution in [0.1, 0.15) is 5.56 Å². The molecule has 16 heavy (non-hydrogen) atoms. The van der Waals surface area contributed by atoms with Gasteiger partial charge in [-0.25, -0.2) is 8.42 Å². The lowest BCUT2D eigenvalue weighted by Crippen LogP contribution is -2.16. The van der Waals surface area contributed by atoms with Crippen molar-refractivity contribution < 1.29 is 13.2 Å². The van der Waals surface area contributed by atoms with Gasteiger partial charge in [0.2, 0.25) is 0 Å². The van der Waals surface area contributed by atoms with Gasteiger partial charge in [-0.2, -0.15) is 0 Å². The second kappa shape index (κ2) is 5.68. The van der Waals surface area contributed by atoms with Gasteiger partial charge in [0.25, 0.3) is 0 Å². The Morgan fingerprint density at radius 3 is 2.31 bits per heavy atom. The quantitative estimate of drug-likeness (QED) is 0.782. The van der Waals surface area contributed by atoms with E-state index in [1.165, 1.54) is 6.26 Å². The summed E-state index contributed by atoms with van der Waals surface area (Å²) >= 11 is 3.38. The molecule has 0 radical (unpaired) electrons. The fourth-order valence-corrected chi connectivity index (χ4v) is 3.99. The number of sulfone groups is 1. The SMILES string of the molecule is COc1ccc(CC(Br)CS(C)(=O)=O)cc1. The van der Waals surface area contributed by atoms with Crippen LogP contribution in [0.15, 0.2) is 24.3 Å². The summed E-state index contributed by atoms with van der Waals surface area (Å²) in [5.41, 5.74) is 1.09. The van der Waals surface area contributed by atoms with Crippen LogP contribution in [0.3, 0.4) is 0 Å². The van der Waals surface area contributed by atoms with Gasteiger partial charge in [0.05, 0.1) is 12.9 Å². The van der Waals surface area contributed by atoms with Crippen LogP contribution in [0, 0.1) is 0 Å².